The van der Waals surface area contributed by atoms with Gasteiger partial charge in [0.25, 0.3) is 0 Å². The van der Waals surface area contributed by atoms with Gasteiger partial charge in [-0.3, -0.25) is 4.79 Å². The van der Waals surface area contributed by atoms with Gasteiger partial charge in [0.1, 0.15) is 17.0 Å². The van der Waals surface area contributed by atoms with E-state index in [0.29, 0.717) is 37.3 Å². The summed E-state index contributed by atoms with van der Waals surface area (Å²) < 4.78 is 12.4. The van der Waals surface area contributed by atoms with Crippen molar-refractivity contribution >= 4 is 18.1 Å². The molecule has 3 amide bonds. The lowest BCUT2D eigenvalue weighted by atomic mass is 9.89. The Balaban J connectivity index is 2.89. The number of nitrogens with one attached hydrogen (secondary N) is 2. The number of nitrogens with two attached hydrogens (primary N) is 1. The van der Waals surface area contributed by atoms with Crippen molar-refractivity contribution < 1.29 is 23.9 Å². The molecule has 0 unspecified atom stereocenters. The van der Waals surface area contributed by atoms with E-state index in [1.54, 1.807) is 73.2 Å². The van der Waals surface area contributed by atoms with Gasteiger partial charge in [-0.05, 0) is 74.7 Å². The van der Waals surface area contributed by atoms with Crippen LogP contribution in [0.1, 0.15) is 92.2 Å². The summed E-state index contributed by atoms with van der Waals surface area (Å²) in [5.41, 5.74) is 3.91. The number of aryl methyl sites for hydroxylation is 1. The fourth-order valence-electron chi connectivity index (χ4n) is 2.93. The molecule has 0 bridgehead atoms. The van der Waals surface area contributed by atoms with Gasteiger partial charge in [0.2, 0.25) is 5.91 Å². The Kier molecular flexibility index (Phi) is 9.33. The smallest absolute Gasteiger partial charge is 0.408 e. The Bertz CT molecular complexity index is 833. The average molecular weight is 468 g/mol. The fourth-order valence-corrected chi connectivity index (χ4v) is 2.93. The summed E-state index contributed by atoms with van der Waals surface area (Å²) in [6.07, 6.45) is 2.64. The molecule has 0 spiro atoms. The van der Waals surface area contributed by atoms with E-state index in [9.17, 15) is 14.4 Å². The fraction of sp³-hybridized carbons (Fsp3) is 0.739. The maximum absolute atomic E-state index is 12.5. The topological polar surface area (TPSA) is 138 Å². The summed E-state index contributed by atoms with van der Waals surface area (Å²) >= 11 is 0. The third-order valence-corrected chi connectivity index (χ3v) is 4.76. The first-order valence-electron chi connectivity index (χ1n) is 11.2. The van der Waals surface area contributed by atoms with E-state index >= 15 is 0 Å². The number of carbonyl (C=O) groups is 3. The van der Waals surface area contributed by atoms with E-state index in [4.69, 9.17) is 15.2 Å². The second-order valence-corrected chi connectivity index (χ2v) is 10.7. The Morgan fingerprint density at radius 2 is 1.55 bits per heavy atom. The van der Waals surface area contributed by atoms with Gasteiger partial charge in [-0.1, -0.05) is 0 Å². The van der Waals surface area contributed by atoms with Crippen molar-refractivity contribution in [1.29, 1.82) is 0 Å². The number of nitrogens with zero attached hydrogens (tertiary/aromatic N) is 2. The summed E-state index contributed by atoms with van der Waals surface area (Å²) in [6, 6.07) is -0.455. The zero-order valence-corrected chi connectivity index (χ0v) is 21.5. The molecule has 0 radical (unpaired) electrons. The number of ether oxygens (including phenoxy) is 2. The predicted molar refractivity (Wildman–Crippen MR) is 126 cm³/mol. The SMILES string of the molecule is Cn1cc(C(C)(C)C(N)=O)nc1[C@H](CCCCNC(=O)OC(C)(C)C)NC(=O)OC(C)(C)C. The van der Waals surface area contributed by atoms with E-state index in [1.165, 1.54) is 0 Å². The van der Waals surface area contributed by atoms with Crippen molar-refractivity contribution in [1.82, 2.24) is 20.2 Å². The minimum absolute atomic E-state index is 0.439. The third kappa shape index (κ3) is 9.71. The second-order valence-electron chi connectivity index (χ2n) is 10.7. The number of imidazole rings is 1. The Morgan fingerprint density at radius 1 is 1.00 bits per heavy atom. The summed E-state index contributed by atoms with van der Waals surface area (Å²) in [5, 5.41) is 5.61. The van der Waals surface area contributed by atoms with Gasteiger partial charge < -0.3 is 30.4 Å². The molecule has 0 saturated heterocycles. The van der Waals surface area contributed by atoms with E-state index < -0.39 is 40.8 Å². The molecule has 1 heterocycles. The van der Waals surface area contributed by atoms with Gasteiger partial charge in [0, 0.05) is 19.8 Å². The molecule has 1 aromatic heterocycles. The number of primary amides is 1. The molecule has 0 aliphatic carbocycles. The quantitative estimate of drug-likeness (QED) is 0.476. The van der Waals surface area contributed by atoms with Crippen LogP contribution in [0.2, 0.25) is 0 Å². The van der Waals surface area contributed by atoms with Crippen molar-refractivity contribution in [2.45, 2.75) is 97.3 Å². The van der Waals surface area contributed by atoms with Crippen LogP contribution < -0.4 is 16.4 Å². The highest BCUT2D eigenvalue weighted by Crippen LogP contribution is 2.26. The monoisotopic (exact) mass is 467 g/mol. The highest BCUT2D eigenvalue weighted by atomic mass is 16.6. The maximum Gasteiger partial charge on any atom is 0.408 e. The maximum atomic E-state index is 12.5. The van der Waals surface area contributed by atoms with Crippen molar-refractivity contribution in [2.75, 3.05) is 6.54 Å². The molecule has 4 N–H and O–H groups in total. The molecule has 1 rings (SSSR count). The number of carbonyl (C=O) groups excluding carboxylic acids is 3. The van der Waals surface area contributed by atoms with Crippen LogP contribution in [-0.2, 0) is 26.7 Å². The van der Waals surface area contributed by atoms with Crippen LogP contribution in [0.3, 0.4) is 0 Å². The zero-order valence-electron chi connectivity index (χ0n) is 21.5. The van der Waals surface area contributed by atoms with E-state index in [2.05, 4.69) is 15.6 Å². The van der Waals surface area contributed by atoms with Crippen LogP contribution in [0.5, 0.6) is 0 Å². The van der Waals surface area contributed by atoms with Crippen LogP contribution in [0, 0.1) is 0 Å². The number of alkyl carbamates (subject to hydrolysis) is 2. The van der Waals surface area contributed by atoms with Gasteiger partial charge in [-0.15, -0.1) is 0 Å². The highest BCUT2D eigenvalue weighted by Gasteiger charge is 2.32. The summed E-state index contributed by atoms with van der Waals surface area (Å²) in [4.78, 5) is 40.7. The van der Waals surface area contributed by atoms with Crippen LogP contribution in [-0.4, -0.2) is 45.4 Å². The van der Waals surface area contributed by atoms with E-state index in [1.807, 2.05) is 0 Å². The standard InChI is InChI=1S/C23H41N5O5/c1-21(2,3)32-19(30)25-13-11-10-12-15(26-20(31)33-22(4,5)6)17-27-16(14-28(17)9)23(7,8)18(24)29/h14-15H,10-13H2,1-9H3,(H2,24,29)(H,25,30)(H,26,31)/t15-/m0/s1. The third-order valence-electron chi connectivity index (χ3n) is 4.76. The number of amides is 3. The van der Waals surface area contributed by atoms with E-state index in [-0.39, 0.29) is 0 Å². The summed E-state index contributed by atoms with van der Waals surface area (Å²) in [5.74, 6) is 0.0994. The molecule has 0 fully saturated rings. The molecule has 1 aromatic rings. The molecule has 0 saturated carbocycles. The van der Waals surface area contributed by atoms with Gasteiger partial charge >= 0.3 is 12.2 Å². The average Bonchev–Trinajstić information content (AvgIpc) is 2.99. The number of aromatic nitrogens is 2. The lowest BCUT2D eigenvalue weighted by Crippen LogP contribution is -2.37. The molecule has 0 aromatic carbocycles. The van der Waals surface area contributed by atoms with Crippen LogP contribution >= 0.6 is 0 Å². The second kappa shape index (κ2) is 10.9. The molecule has 10 nitrogen and oxygen atoms in total. The van der Waals surface area contributed by atoms with Crippen molar-refractivity contribution in [3.05, 3.63) is 17.7 Å². The molecule has 0 aliphatic heterocycles. The first kappa shape index (κ1) is 28.3. The lowest BCUT2D eigenvalue weighted by molar-refractivity contribution is -0.122. The van der Waals surface area contributed by atoms with E-state index in [0.717, 1.165) is 0 Å². The Labute approximate surface area is 197 Å². The largest absolute Gasteiger partial charge is 0.444 e. The van der Waals surface area contributed by atoms with Crippen molar-refractivity contribution in [2.24, 2.45) is 12.8 Å². The predicted octanol–water partition coefficient (Wildman–Crippen LogP) is 3.44. The molecule has 1 atom stereocenters. The Morgan fingerprint density at radius 3 is 2.06 bits per heavy atom. The first-order chi connectivity index (χ1) is 14.9. The Hall–Kier alpha value is -2.78. The van der Waals surface area contributed by atoms with Crippen LogP contribution in [0.15, 0.2) is 6.20 Å². The molecular formula is C23H41N5O5. The minimum atomic E-state index is -0.955. The normalized spacial score (nSPS) is 13.2. The van der Waals surface area contributed by atoms with Gasteiger partial charge in [-0.25, -0.2) is 14.6 Å². The van der Waals surface area contributed by atoms with Crippen molar-refractivity contribution in [3.8, 4) is 0 Å². The van der Waals surface area contributed by atoms with Gasteiger partial charge in [-0.2, -0.15) is 0 Å². The van der Waals surface area contributed by atoms with Crippen molar-refractivity contribution in [3.63, 3.8) is 0 Å². The van der Waals surface area contributed by atoms with Crippen LogP contribution in [0.25, 0.3) is 0 Å². The molecule has 0 aliphatic rings. The minimum Gasteiger partial charge on any atom is -0.444 e. The van der Waals surface area contributed by atoms with Crippen LogP contribution in [0.4, 0.5) is 9.59 Å². The number of hydrogen-bond donors (Lipinski definition) is 3. The number of hydrogen-bond acceptors (Lipinski definition) is 6. The summed E-state index contributed by atoms with van der Waals surface area (Å²) in [6.45, 7) is 14.6. The number of rotatable bonds is 9. The highest BCUT2D eigenvalue weighted by molar-refractivity contribution is 5.85. The molecule has 33 heavy (non-hydrogen) atoms. The lowest BCUT2D eigenvalue weighted by Gasteiger charge is -2.24. The van der Waals surface area contributed by atoms with Gasteiger partial charge in [0.05, 0.1) is 17.2 Å². The first-order valence-corrected chi connectivity index (χ1v) is 11.2. The molecule has 188 valence electrons. The summed E-state index contributed by atoms with van der Waals surface area (Å²) in [7, 11) is 1.80. The number of unbranched alkanes of at least 4 members (excludes halogenated alkanes) is 1. The van der Waals surface area contributed by atoms with Gasteiger partial charge in [0.15, 0.2) is 0 Å². The molecule has 10 heteroatoms. The molecular weight excluding hydrogens is 426 g/mol. The zero-order chi connectivity index (χ0) is 25.6.